The third-order valence-electron chi connectivity index (χ3n) is 7.26. The molecule has 1 aliphatic carbocycles. The molecule has 2 aliphatic rings. The van der Waals surface area contributed by atoms with E-state index in [0.29, 0.717) is 34.8 Å². The highest BCUT2D eigenvalue weighted by Gasteiger charge is 2.42. The van der Waals surface area contributed by atoms with Crippen molar-refractivity contribution in [1.29, 1.82) is 0 Å². The lowest BCUT2D eigenvalue weighted by Crippen LogP contribution is -2.35. The molecule has 3 aromatic carbocycles. The first-order valence-corrected chi connectivity index (χ1v) is 13.5. The Morgan fingerprint density at radius 1 is 0.868 bits per heavy atom. The molecule has 0 radical (unpaired) electrons. The van der Waals surface area contributed by atoms with E-state index in [-0.39, 0.29) is 19.1 Å². The number of nitrogens with zero attached hydrogens (tertiary/aromatic N) is 1. The number of esters is 1. The van der Waals surface area contributed by atoms with Crippen LogP contribution >= 0.6 is 0 Å². The van der Waals surface area contributed by atoms with E-state index in [4.69, 9.17) is 14.2 Å². The van der Waals surface area contributed by atoms with Gasteiger partial charge >= 0.3 is 5.97 Å². The summed E-state index contributed by atoms with van der Waals surface area (Å²) in [6.45, 7) is 4.25. The number of hydrogen-bond donors (Lipinski definition) is 0. The summed E-state index contributed by atoms with van der Waals surface area (Å²) in [5.74, 6) is -0.173. The topological polar surface area (TPSA) is 82.1 Å². The van der Waals surface area contributed by atoms with E-state index in [9.17, 15) is 14.4 Å². The van der Waals surface area contributed by atoms with E-state index in [0.717, 1.165) is 36.5 Å². The van der Waals surface area contributed by atoms with Crippen molar-refractivity contribution in [1.82, 2.24) is 4.90 Å². The summed E-state index contributed by atoms with van der Waals surface area (Å²) in [7, 11) is 0. The van der Waals surface area contributed by atoms with Crippen molar-refractivity contribution in [3.8, 4) is 11.5 Å². The quantitative estimate of drug-likeness (QED) is 0.248. The van der Waals surface area contributed by atoms with Gasteiger partial charge in [-0.05, 0) is 80.1 Å². The predicted molar refractivity (Wildman–Crippen MR) is 144 cm³/mol. The molecule has 0 aromatic heterocycles. The second-order valence-corrected chi connectivity index (χ2v) is 9.77. The van der Waals surface area contributed by atoms with Crippen LogP contribution in [0, 0.1) is 0 Å². The average Bonchev–Trinajstić information content (AvgIpc) is 3.16. The maximum absolute atomic E-state index is 13.6. The van der Waals surface area contributed by atoms with E-state index >= 15 is 0 Å². The van der Waals surface area contributed by atoms with E-state index < -0.39 is 23.8 Å². The van der Waals surface area contributed by atoms with Crippen molar-refractivity contribution >= 4 is 28.6 Å². The molecule has 0 spiro atoms. The van der Waals surface area contributed by atoms with Crippen LogP contribution in [0.25, 0.3) is 10.8 Å². The molecular weight excluding hydrogens is 482 g/mol. The smallest absolute Gasteiger partial charge is 0.308 e. The first-order chi connectivity index (χ1) is 18.5. The van der Waals surface area contributed by atoms with Gasteiger partial charge in [0.25, 0.3) is 11.8 Å². The van der Waals surface area contributed by atoms with Gasteiger partial charge in [-0.25, -0.2) is 0 Å². The molecule has 1 unspecified atom stereocenters. The third kappa shape index (κ3) is 5.10. The van der Waals surface area contributed by atoms with Crippen LogP contribution in [0.15, 0.2) is 54.6 Å². The van der Waals surface area contributed by atoms with Gasteiger partial charge in [0.05, 0.1) is 42.9 Å². The van der Waals surface area contributed by atoms with Gasteiger partial charge in [0.1, 0.15) is 0 Å². The molecule has 1 fully saturated rings. The van der Waals surface area contributed by atoms with Gasteiger partial charge in [-0.15, -0.1) is 0 Å². The fourth-order valence-electron chi connectivity index (χ4n) is 5.43. The number of fused-ring (bicyclic) bond motifs is 2. The van der Waals surface area contributed by atoms with Gasteiger partial charge in [-0.1, -0.05) is 36.8 Å². The zero-order valence-electron chi connectivity index (χ0n) is 21.9. The zero-order valence-corrected chi connectivity index (χ0v) is 21.9. The Hall–Kier alpha value is -3.87. The molecule has 0 N–H and O–H groups in total. The molecule has 0 saturated heterocycles. The van der Waals surface area contributed by atoms with Crippen LogP contribution in [0.5, 0.6) is 11.5 Å². The van der Waals surface area contributed by atoms with Crippen molar-refractivity contribution in [2.75, 3.05) is 13.2 Å². The fourth-order valence-corrected chi connectivity index (χ4v) is 5.43. The molecule has 2 amide bonds. The lowest BCUT2D eigenvalue weighted by atomic mass is 9.97. The van der Waals surface area contributed by atoms with Crippen LogP contribution in [0.3, 0.4) is 0 Å². The SMILES string of the molecule is CCOC(=O)CC(c1ccc(OC2CCCCC2)c(OCC)c1)N1C(=O)c2cc3ccccc3cc2C1=O. The van der Waals surface area contributed by atoms with Crippen molar-refractivity contribution in [2.45, 2.75) is 64.5 Å². The van der Waals surface area contributed by atoms with Crippen LogP contribution in [-0.2, 0) is 9.53 Å². The van der Waals surface area contributed by atoms with Gasteiger partial charge in [0, 0.05) is 0 Å². The van der Waals surface area contributed by atoms with Crippen LogP contribution < -0.4 is 9.47 Å². The van der Waals surface area contributed by atoms with E-state index in [2.05, 4.69) is 0 Å². The van der Waals surface area contributed by atoms with Gasteiger partial charge in [-0.3, -0.25) is 19.3 Å². The van der Waals surface area contributed by atoms with Gasteiger partial charge in [-0.2, -0.15) is 0 Å². The molecule has 198 valence electrons. The number of rotatable bonds is 9. The highest BCUT2D eigenvalue weighted by Crippen LogP contribution is 2.39. The molecule has 1 aliphatic heterocycles. The Morgan fingerprint density at radius 3 is 2.13 bits per heavy atom. The molecule has 5 rings (SSSR count). The lowest BCUT2D eigenvalue weighted by Gasteiger charge is -2.28. The largest absolute Gasteiger partial charge is 0.490 e. The Balaban J connectivity index is 1.52. The first kappa shape index (κ1) is 25.8. The molecule has 7 nitrogen and oxygen atoms in total. The molecule has 1 atom stereocenters. The monoisotopic (exact) mass is 515 g/mol. The van der Waals surface area contributed by atoms with Crippen LogP contribution in [0.2, 0.25) is 0 Å². The molecule has 0 bridgehead atoms. The number of carbonyl (C=O) groups excluding carboxylic acids is 3. The van der Waals surface area contributed by atoms with Crippen molar-refractivity contribution in [2.24, 2.45) is 0 Å². The Bertz CT molecular complexity index is 1310. The highest BCUT2D eigenvalue weighted by atomic mass is 16.5. The Morgan fingerprint density at radius 2 is 1.53 bits per heavy atom. The van der Waals surface area contributed by atoms with Gasteiger partial charge < -0.3 is 14.2 Å². The van der Waals surface area contributed by atoms with E-state index in [1.165, 1.54) is 11.3 Å². The Labute approximate surface area is 222 Å². The normalized spacial score (nSPS) is 16.4. The number of amides is 2. The summed E-state index contributed by atoms with van der Waals surface area (Å²) >= 11 is 0. The molecule has 1 saturated carbocycles. The summed E-state index contributed by atoms with van der Waals surface area (Å²) < 4.78 is 17.4. The maximum atomic E-state index is 13.6. The highest BCUT2D eigenvalue weighted by molar-refractivity contribution is 6.23. The molecule has 1 heterocycles. The minimum absolute atomic E-state index is 0.134. The molecule has 3 aromatic rings. The van der Waals surface area contributed by atoms with Crippen LogP contribution in [0.1, 0.15) is 84.7 Å². The van der Waals surface area contributed by atoms with Gasteiger partial charge in [0.15, 0.2) is 11.5 Å². The number of imide groups is 1. The van der Waals surface area contributed by atoms with Gasteiger partial charge in [0.2, 0.25) is 0 Å². The molecule has 38 heavy (non-hydrogen) atoms. The van der Waals surface area contributed by atoms with Crippen molar-refractivity contribution in [3.63, 3.8) is 0 Å². The van der Waals surface area contributed by atoms with Crippen LogP contribution in [0.4, 0.5) is 0 Å². The molecular formula is C31H33NO6. The summed E-state index contributed by atoms with van der Waals surface area (Å²) in [4.78, 5) is 41.1. The van der Waals surface area contributed by atoms with Crippen molar-refractivity contribution in [3.05, 3.63) is 71.3 Å². The Kier molecular flexibility index (Phi) is 7.63. The number of ether oxygens (including phenoxy) is 3. The first-order valence-electron chi connectivity index (χ1n) is 13.5. The summed E-state index contributed by atoms with van der Waals surface area (Å²) in [6, 6.07) is 15.7. The summed E-state index contributed by atoms with van der Waals surface area (Å²) in [6.07, 6.45) is 5.49. The standard InChI is InChI=1S/C31H33NO6/c1-3-36-28-18-22(14-15-27(28)38-23-12-6-5-7-13-23)26(19-29(33)37-4-2)32-30(34)24-16-20-10-8-9-11-21(20)17-25(24)31(32)35/h8-11,14-18,23,26H,3-7,12-13,19H2,1-2H3. The third-order valence-corrected chi connectivity index (χ3v) is 7.26. The van der Waals surface area contributed by atoms with E-state index in [1.54, 1.807) is 25.1 Å². The van der Waals surface area contributed by atoms with Crippen molar-refractivity contribution < 1.29 is 28.6 Å². The second kappa shape index (κ2) is 11.3. The molecule has 7 heteroatoms. The number of benzene rings is 3. The maximum Gasteiger partial charge on any atom is 0.308 e. The number of carbonyl (C=O) groups is 3. The minimum atomic E-state index is -0.854. The lowest BCUT2D eigenvalue weighted by molar-refractivity contribution is -0.144. The summed E-state index contributed by atoms with van der Waals surface area (Å²) in [5, 5.41) is 1.75. The minimum Gasteiger partial charge on any atom is -0.490 e. The average molecular weight is 516 g/mol. The van der Waals surface area contributed by atoms with Crippen LogP contribution in [-0.4, -0.2) is 42.0 Å². The second-order valence-electron chi connectivity index (χ2n) is 9.77. The fraction of sp³-hybridized carbons (Fsp3) is 0.387. The number of hydrogen-bond acceptors (Lipinski definition) is 6. The predicted octanol–water partition coefficient (Wildman–Crippen LogP) is 6.24. The van der Waals surface area contributed by atoms with E-state index in [1.807, 2.05) is 43.3 Å². The summed E-state index contributed by atoms with van der Waals surface area (Å²) in [5.41, 5.74) is 1.28. The zero-order chi connectivity index (χ0) is 26.6.